The van der Waals surface area contributed by atoms with Gasteiger partial charge >= 0.3 is 0 Å². The van der Waals surface area contributed by atoms with Gasteiger partial charge in [0, 0.05) is 12.6 Å². The van der Waals surface area contributed by atoms with E-state index in [0.29, 0.717) is 13.1 Å². The molecular formula is C16H20N4O3. The normalized spacial score (nSPS) is 12.7. The SMILES string of the molecule is Cc1cc(CNC[C@H](O)COc2cccc3[nH]nc(C)c23)on1. The fraction of sp³-hybridized carbons (Fsp3) is 0.375. The highest BCUT2D eigenvalue weighted by Gasteiger charge is 2.11. The van der Waals surface area contributed by atoms with Crippen LogP contribution in [0, 0.1) is 13.8 Å². The van der Waals surface area contributed by atoms with Gasteiger partial charge in [-0.1, -0.05) is 11.2 Å². The van der Waals surface area contributed by atoms with Crippen molar-refractivity contribution < 1.29 is 14.4 Å². The maximum absolute atomic E-state index is 10.0. The van der Waals surface area contributed by atoms with Crippen LogP contribution in [0.5, 0.6) is 5.75 Å². The third-order valence-corrected chi connectivity index (χ3v) is 3.52. The number of aryl methyl sites for hydroxylation is 2. The summed E-state index contributed by atoms with van der Waals surface area (Å²) in [6.45, 7) is 4.91. The van der Waals surface area contributed by atoms with Crippen molar-refractivity contribution in [3.05, 3.63) is 41.4 Å². The molecule has 7 nitrogen and oxygen atoms in total. The number of nitrogens with zero attached hydrogens (tertiary/aromatic N) is 2. The molecule has 2 heterocycles. The van der Waals surface area contributed by atoms with Crippen LogP contribution < -0.4 is 10.1 Å². The molecule has 2 aromatic heterocycles. The Kier molecular flexibility index (Phi) is 4.59. The van der Waals surface area contributed by atoms with Crippen molar-refractivity contribution in [1.82, 2.24) is 20.7 Å². The second kappa shape index (κ2) is 6.80. The fourth-order valence-electron chi connectivity index (χ4n) is 2.42. The number of aliphatic hydroxyl groups excluding tert-OH is 1. The number of H-pyrrole nitrogens is 1. The minimum absolute atomic E-state index is 0.201. The van der Waals surface area contributed by atoms with Gasteiger partial charge in [-0.25, -0.2) is 0 Å². The first-order valence-corrected chi connectivity index (χ1v) is 7.51. The molecule has 0 aliphatic rings. The molecule has 3 aromatic rings. The van der Waals surface area contributed by atoms with Gasteiger partial charge in [-0.15, -0.1) is 0 Å². The van der Waals surface area contributed by atoms with E-state index in [2.05, 4.69) is 20.7 Å². The van der Waals surface area contributed by atoms with E-state index in [1.54, 1.807) is 0 Å². The van der Waals surface area contributed by atoms with E-state index < -0.39 is 6.10 Å². The maximum Gasteiger partial charge on any atom is 0.150 e. The Bertz CT molecular complexity index is 781. The van der Waals surface area contributed by atoms with Crippen LogP contribution in [0.1, 0.15) is 17.1 Å². The van der Waals surface area contributed by atoms with Crippen molar-refractivity contribution in [2.75, 3.05) is 13.2 Å². The molecule has 0 aliphatic carbocycles. The summed E-state index contributed by atoms with van der Waals surface area (Å²) >= 11 is 0. The van der Waals surface area contributed by atoms with Crippen LogP contribution in [-0.2, 0) is 6.54 Å². The van der Waals surface area contributed by atoms with Crippen LogP contribution in [0.2, 0.25) is 0 Å². The molecule has 3 rings (SSSR count). The van der Waals surface area contributed by atoms with Crippen LogP contribution in [0.15, 0.2) is 28.8 Å². The summed E-state index contributed by atoms with van der Waals surface area (Å²) in [5, 5.41) is 25.0. The Morgan fingerprint density at radius 3 is 3.04 bits per heavy atom. The smallest absolute Gasteiger partial charge is 0.150 e. The number of hydrogen-bond acceptors (Lipinski definition) is 6. The predicted molar refractivity (Wildman–Crippen MR) is 85.3 cm³/mol. The zero-order chi connectivity index (χ0) is 16.2. The fourth-order valence-corrected chi connectivity index (χ4v) is 2.42. The number of hydrogen-bond donors (Lipinski definition) is 3. The Labute approximate surface area is 133 Å². The standard InChI is InChI=1S/C16H20N4O3/c1-10-6-13(23-20-10)8-17-7-12(21)9-22-15-5-3-4-14-16(15)11(2)18-19-14/h3-6,12,17,21H,7-9H2,1-2H3,(H,18,19)/t12-/m0/s1. The summed E-state index contributed by atoms with van der Waals surface area (Å²) in [6.07, 6.45) is -0.624. The molecule has 122 valence electrons. The van der Waals surface area contributed by atoms with Crippen LogP contribution in [0.25, 0.3) is 10.9 Å². The number of nitrogens with one attached hydrogen (secondary N) is 2. The highest BCUT2D eigenvalue weighted by molar-refractivity contribution is 5.87. The average molecular weight is 316 g/mol. The van der Waals surface area contributed by atoms with Crippen molar-refractivity contribution in [3.8, 4) is 5.75 Å². The summed E-state index contributed by atoms with van der Waals surface area (Å²) in [5.41, 5.74) is 2.64. The molecule has 0 aliphatic heterocycles. The van der Waals surface area contributed by atoms with E-state index >= 15 is 0 Å². The second-order valence-corrected chi connectivity index (χ2v) is 5.52. The van der Waals surface area contributed by atoms with Crippen molar-refractivity contribution in [2.24, 2.45) is 0 Å². The van der Waals surface area contributed by atoms with Crippen molar-refractivity contribution in [3.63, 3.8) is 0 Å². The molecule has 1 atom stereocenters. The number of aromatic amines is 1. The molecule has 23 heavy (non-hydrogen) atoms. The molecule has 0 unspecified atom stereocenters. The zero-order valence-electron chi connectivity index (χ0n) is 13.2. The van der Waals surface area contributed by atoms with E-state index in [-0.39, 0.29) is 6.61 Å². The van der Waals surface area contributed by atoms with Gasteiger partial charge in [-0.2, -0.15) is 5.10 Å². The molecule has 0 fully saturated rings. The van der Waals surface area contributed by atoms with E-state index in [0.717, 1.165) is 33.8 Å². The Morgan fingerprint density at radius 1 is 1.39 bits per heavy atom. The van der Waals surface area contributed by atoms with E-state index in [9.17, 15) is 5.11 Å². The Hall–Kier alpha value is -2.38. The number of aromatic nitrogens is 3. The predicted octanol–water partition coefficient (Wildman–Crippen LogP) is 1.70. The third-order valence-electron chi connectivity index (χ3n) is 3.52. The number of ether oxygens (including phenoxy) is 1. The molecule has 1 aromatic carbocycles. The lowest BCUT2D eigenvalue weighted by Crippen LogP contribution is -2.31. The molecule has 0 saturated heterocycles. The van der Waals surface area contributed by atoms with Crippen LogP contribution in [-0.4, -0.2) is 39.7 Å². The number of aliphatic hydroxyl groups is 1. The highest BCUT2D eigenvalue weighted by Crippen LogP contribution is 2.26. The van der Waals surface area contributed by atoms with Gasteiger partial charge in [0.1, 0.15) is 18.5 Å². The second-order valence-electron chi connectivity index (χ2n) is 5.52. The highest BCUT2D eigenvalue weighted by atomic mass is 16.5. The van der Waals surface area contributed by atoms with Gasteiger partial charge in [0.2, 0.25) is 0 Å². The lowest BCUT2D eigenvalue weighted by Gasteiger charge is -2.13. The first kappa shape index (κ1) is 15.5. The number of fused-ring (bicyclic) bond motifs is 1. The first-order valence-electron chi connectivity index (χ1n) is 7.51. The molecular weight excluding hydrogens is 296 g/mol. The van der Waals surface area contributed by atoms with Crippen molar-refractivity contribution >= 4 is 10.9 Å². The largest absolute Gasteiger partial charge is 0.490 e. The summed E-state index contributed by atoms with van der Waals surface area (Å²) in [5.74, 6) is 1.47. The molecule has 0 amide bonds. The molecule has 0 saturated carbocycles. The molecule has 0 bridgehead atoms. The van der Waals surface area contributed by atoms with Crippen molar-refractivity contribution in [2.45, 2.75) is 26.5 Å². The summed E-state index contributed by atoms with van der Waals surface area (Å²) in [7, 11) is 0. The number of rotatable bonds is 7. The van der Waals surface area contributed by atoms with Crippen molar-refractivity contribution in [1.29, 1.82) is 0 Å². The minimum atomic E-state index is -0.624. The van der Waals surface area contributed by atoms with Crippen LogP contribution in [0.3, 0.4) is 0 Å². The van der Waals surface area contributed by atoms with Gasteiger partial charge in [-0.3, -0.25) is 5.10 Å². The lowest BCUT2D eigenvalue weighted by atomic mass is 10.2. The Balaban J connectivity index is 1.50. The van der Waals surface area contributed by atoms with E-state index in [4.69, 9.17) is 9.26 Å². The van der Waals surface area contributed by atoms with E-state index in [1.165, 1.54) is 0 Å². The minimum Gasteiger partial charge on any atom is -0.490 e. The molecule has 0 radical (unpaired) electrons. The van der Waals surface area contributed by atoms with Gasteiger partial charge < -0.3 is 19.7 Å². The van der Waals surface area contributed by atoms with Gasteiger partial charge in [0.25, 0.3) is 0 Å². The maximum atomic E-state index is 10.0. The zero-order valence-corrected chi connectivity index (χ0v) is 13.2. The topological polar surface area (TPSA) is 96.2 Å². The third kappa shape index (κ3) is 3.69. The molecule has 7 heteroatoms. The van der Waals surface area contributed by atoms with Crippen LogP contribution in [0.4, 0.5) is 0 Å². The molecule has 0 spiro atoms. The van der Waals surface area contributed by atoms with E-state index in [1.807, 2.05) is 38.1 Å². The summed E-state index contributed by atoms with van der Waals surface area (Å²) in [4.78, 5) is 0. The quantitative estimate of drug-likeness (QED) is 0.614. The average Bonchev–Trinajstić information content (AvgIpc) is 3.12. The van der Waals surface area contributed by atoms with Gasteiger partial charge in [0.05, 0.1) is 28.8 Å². The van der Waals surface area contributed by atoms with Gasteiger partial charge in [0.15, 0.2) is 5.76 Å². The number of benzene rings is 1. The summed E-state index contributed by atoms with van der Waals surface area (Å²) in [6, 6.07) is 7.58. The lowest BCUT2D eigenvalue weighted by molar-refractivity contribution is 0.106. The summed E-state index contributed by atoms with van der Waals surface area (Å²) < 4.78 is 10.8. The Morgan fingerprint density at radius 2 is 2.26 bits per heavy atom. The monoisotopic (exact) mass is 316 g/mol. The first-order chi connectivity index (χ1) is 11.1. The van der Waals surface area contributed by atoms with Gasteiger partial charge in [-0.05, 0) is 26.0 Å². The van der Waals surface area contributed by atoms with Crippen LogP contribution >= 0.6 is 0 Å². The molecule has 3 N–H and O–H groups in total.